The maximum atomic E-state index is 6.02. The number of nitrogens with two attached hydrogens (primary N) is 1. The minimum Gasteiger partial charge on any atom is -0.342 e. The van der Waals surface area contributed by atoms with Crippen molar-refractivity contribution in [2.75, 3.05) is 26.7 Å². The quantitative estimate of drug-likeness (QED) is 0.884. The van der Waals surface area contributed by atoms with E-state index in [4.69, 9.17) is 10.7 Å². The maximum absolute atomic E-state index is 6.02. The fraction of sp³-hybridized carbons (Fsp3) is 0.533. The van der Waals surface area contributed by atoms with Crippen LogP contribution in [0.5, 0.6) is 0 Å². The van der Waals surface area contributed by atoms with Gasteiger partial charge >= 0.3 is 0 Å². The van der Waals surface area contributed by atoms with Crippen molar-refractivity contribution in [3.05, 3.63) is 30.1 Å². The smallest absolute Gasteiger partial charge is 0.111 e. The SMILES string of the molecule is CN1CCC(C(CN)c2nc3ccccc3[nH]2)CC1. The molecule has 1 atom stereocenters. The van der Waals surface area contributed by atoms with E-state index in [1.54, 1.807) is 0 Å². The summed E-state index contributed by atoms with van der Waals surface area (Å²) in [5.74, 6) is 2.08. The minimum absolute atomic E-state index is 0.362. The molecule has 1 aromatic carbocycles. The third-order valence-corrected chi connectivity index (χ3v) is 4.35. The monoisotopic (exact) mass is 258 g/mol. The highest BCUT2D eigenvalue weighted by atomic mass is 15.1. The van der Waals surface area contributed by atoms with Crippen LogP contribution in [0.4, 0.5) is 0 Å². The number of hydrogen-bond donors (Lipinski definition) is 2. The van der Waals surface area contributed by atoms with Crippen LogP contribution in [0.15, 0.2) is 24.3 Å². The molecule has 0 amide bonds. The van der Waals surface area contributed by atoms with Gasteiger partial charge in [-0.15, -0.1) is 0 Å². The number of likely N-dealkylation sites (tertiary alicyclic amines) is 1. The number of imidazole rings is 1. The summed E-state index contributed by atoms with van der Waals surface area (Å²) in [6, 6.07) is 8.20. The molecule has 19 heavy (non-hydrogen) atoms. The van der Waals surface area contributed by atoms with E-state index in [0.717, 1.165) is 16.9 Å². The van der Waals surface area contributed by atoms with Crippen LogP contribution in [0.25, 0.3) is 11.0 Å². The molecule has 0 aliphatic carbocycles. The van der Waals surface area contributed by atoms with Gasteiger partial charge in [-0.25, -0.2) is 4.98 Å². The summed E-state index contributed by atoms with van der Waals surface area (Å²) < 4.78 is 0. The Morgan fingerprint density at radius 2 is 2.11 bits per heavy atom. The summed E-state index contributed by atoms with van der Waals surface area (Å²) in [4.78, 5) is 10.6. The number of nitrogens with zero attached hydrogens (tertiary/aromatic N) is 2. The Labute approximate surface area is 114 Å². The Morgan fingerprint density at radius 1 is 1.37 bits per heavy atom. The Balaban J connectivity index is 1.85. The number of fused-ring (bicyclic) bond motifs is 1. The lowest BCUT2D eigenvalue weighted by Gasteiger charge is -2.33. The summed E-state index contributed by atoms with van der Waals surface area (Å²) in [5, 5.41) is 0. The molecule has 1 aliphatic heterocycles. The van der Waals surface area contributed by atoms with Crippen molar-refractivity contribution in [3.8, 4) is 0 Å². The van der Waals surface area contributed by atoms with E-state index in [2.05, 4.69) is 29.1 Å². The summed E-state index contributed by atoms with van der Waals surface area (Å²) in [6.45, 7) is 3.01. The average molecular weight is 258 g/mol. The molecule has 2 heterocycles. The zero-order valence-corrected chi connectivity index (χ0v) is 11.5. The Hall–Kier alpha value is -1.39. The molecule has 0 spiro atoms. The first-order valence-corrected chi connectivity index (χ1v) is 7.11. The largest absolute Gasteiger partial charge is 0.342 e. The van der Waals surface area contributed by atoms with E-state index in [0.29, 0.717) is 18.4 Å². The Bertz CT molecular complexity index is 507. The second-order valence-corrected chi connectivity index (χ2v) is 5.62. The molecule has 1 aliphatic rings. The minimum atomic E-state index is 0.362. The summed E-state index contributed by atoms with van der Waals surface area (Å²) >= 11 is 0. The van der Waals surface area contributed by atoms with Crippen LogP contribution in [-0.4, -0.2) is 41.5 Å². The second kappa shape index (κ2) is 5.31. The molecule has 4 heteroatoms. The van der Waals surface area contributed by atoms with E-state index in [1.807, 2.05) is 12.1 Å². The molecule has 2 aromatic rings. The summed E-state index contributed by atoms with van der Waals surface area (Å²) in [7, 11) is 2.19. The molecule has 3 N–H and O–H groups in total. The molecule has 1 fully saturated rings. The molecule has 4 nitrogen and oxygen atoms in total. The molecular weight excluding hydrogens is 236 g/mol. The summed E-state index contributed by atoms with van der Waals surface area (Å²) in [6.07, 6.45) is 2.44. The molecule has 102 valence electrons. The first-order chi connectivity index (χ1) is 9.28. The molecule has 1 saturated heterocycles. The van der Waals surface area contributed by atoms with Crippen molar-refractivity contribution >= 4 is 11.0 Å². The fourth-order valence-corrected chi connectivity index (χ4v) is 3.11. The van der Waals surface area contributed by atoms with E-state index >= 15 is 0 Å². The maximum Gasteiger partial charge on any atom is 0.111 e. The number of benzene rings is 1. The fourth-order valence-electron chi connectivity index (χ4n) is 3.11. The van der Waals surface area contributed by atoms with Crippen molar-refractivity contribution in [1.29, 1.82) is 0 Å². The molecular formula is C15H22N4. The predicted octanol–water partition coefficient (Wildman–Crippen LogP) is 1.95. The van der Waals surface area contributed by atoms with Crippen molar-refractivity contribution < 1.29 is 0 Å². The van der Waals surface area contributed by atoms with Crippen LogP contribution in [0.1, 0.15) is 24.6 Å². The number of nitrogens with one attached hydrogen (secondary N) is 1. The van der Waals surface area contributed by atoms with Gasteiger partial charge in [0.1, 0.15) is 5.82 Å². The zero-order valence-electron chi connectivity index (χ0n) is 11.5. The van der Waals surface area contributed by atoms with Gasteiger partial charge in [0, 0.05) is 12.5 Å². The molecule has 1 aromatic heterocycles. The van der Waals surface area contributed by atoms with Crippen LogP contribution < -0.4 is 5.73 Å². The van der Waals surface area contributed by atoms with Gasteiger partial charge in [-0.1, -0.05) is 12.1 Å². The lowest BCUT2D eigenvalue weighted by molar-refractivity contribution is 0.197. The Morgan fingerprint density at radius 3 is 2.79 bits per heavy atom. The molecule has 0 radical (unpaired) electrons. The second-order valence-electron chi connectivity index (χ2n) is 5.62. The first kappa shape index (κ1) is 12.6. The van der Waals surface area contributed by atoms with Crippen molar-refractivity contribution in [2.24, 2.45) is 11.7 Å². The average Bonchev–Trinajstić information content (AvgIpc) is 2.85. The van der Waals surface area contributed by atoms with E-state index < -0.39 is 0 Å². The standard InChI is InChI=1S/C15H22N4/c1-19-8-6-11(7-9-19)12(10-16)15-17-13-4-2-3-5-14(13)18-15/h2-5,11-12H,6-10,16H2,1H3,(H,17,18). The van der Waals surface area contributed by atoms with E-state index in [1.165, 1.54) is 25.9 Å². The van der Waals surface area contributed by atoms with E-state index in [-0.39, 0.29) is 0 Å². The third kappa shape index (κ3) is 2.51. The van der Waals surface area contributed by atoms with Gasteiger partial charge in [0.15, 0.2) is 0 Å². The number of H-pyrrole nitrogens is 1. The normalized spacial score (nSPS) is 19.9. The third-order valence-electron chi connectivity index (χ3n) is 4.35. The van der Waals surface area contributed by atoms with Crippen LogP contribution in [0.2, 0.25) is 0 Å². The van der Waals surface area contributed by atoms with Gasteiger partial charge in [-0.05, 0) is 51.0 Å². The molecule has 0 saturated carbocycles. The molecule has 1 unspecified atom stereocenters. The van der Waals surface area contributed by atoms with Crippen LogP contribution in [0, 0.1) is 5.92 Å². The van der Waals surface area contributed by atoms with Gasteiger partial charge in [-0.2, -0.15) is 0 Å². The number of hydrogen-bond acceptors (Lipinski definition) is 3. The highest BCUT2D eigenvalue weighted by molar-refractivity contribution is 5.74. The number of piperidine rings is 1. The number of aromatic nitrogens is 2. The van der Waals surface area contributed by atoms with Gasteiger partial charge in [-0.3, -0.25) is 0 Å². The van der Waals surface area contributed by atoms with E-state index in [9.17, 15) is 0 Å². The number of para-hydroxylation sites is 2. The van der Waals surface area contributed by atoms with Crippen LogP contribution >= 0.6 is 0 Å². The lowest BCUT2D eigenvalue weighted by Crippen LogP contribution is -2.35. The number of aromatic amines is 1. The van der Waals surface area contributed by atoms with Crippen molar-refractivity contribution in [1.82, 2.24) is 14.9 Å². The van der Waals surface area contributed by atoms with Gasteiger partial charge in [0.25, 0.3) is 0 Å². The van der Waals surface area contributed by atoms with Crippen LogP contribution in [0.3, 0.4) is 0 Å². The lowest BCUT2D eigenvalue weighted by atomic mass is 9.84. The summed E-state index contributed by atoms with van der Waals surface area (Å²) in [5.41, 5.74) is 8.18. The topological polar surface area (TPSA) is 57.9 Å². The highest BCUT2D eigenvalue weighted by Gasteiger charge is 2.27. The van der Waals surface area contributed by atoms with Gasteiger partial charge in [0.05, 0.1) is 11.0 Å². The Kier molecular flexibility index (Phi) is 3.53. The number of rotatable bonds is 3. The molecule has 0 bridgehead atoms. The van der Waals surface area contributed by atoms with Gasteiger partial charge < -0.3 is 15.6 Å². The van der Waals surface area contributed by atoms with Crippen molar-refractivity contribution in [2.45, 2.75) is 18.8 Å². The first-order valence-electron chi connectivity index (χ1n) is 7.11. The zero-order chi connectivity index (χ0) is 13.2. The van der Waals surface area contributed by atoms with Crippen LogP contribution in [-0.2, 0) is 0 Å². The highest BCUT2D eigenvalue weighted by Crippen LogP contribution is 2.31. The van der Waals surface area contributed by atoms with Gasteiger partial charge in [0.2, 0.25) is 0 Å². The molecule has 3 rings (SSSR count). The predicted molar refractivity (Wildman–Crippen MR) is 78.1 cm³/mol. The van der Waals surface area contributed by atoms with Crippen molar-refractivity contribution in [3.63, 3.8) is 0 Å².